The molecule has 2 N–H and O–H groups in total. The van der Waals surface area contributed by atoms with E-state index in [0.29, 0.717) is 5.56 Å². The highest BCUT2D eigenvalue weighted by Crippen LogP contribution is 2.39. The highest BCUT2D eigenvalue weighted by molar-refractivity contribution is 7.86. The summed E-state index contributed by atoms with van der Waals surface area (Å²) in [5.41, 5.74) is 0.377. The van der Waals surface area contributed by atoms with Crippen LogP contribution < -0.4 is 0 Å². The monoisotopic (exact) mass is 387 g/mol. The largest absolute Gasteiger partial charge is 0.506 e. The fourth-order valence-corrected chi connectivity index (χ4v) is 3.36. The average Bonchev–Trinajstić information content (AvgIpc) is 2.60. The Hall–Kier alpha value is -3.37. The Bertz CT molecular complexity index is 1200. The van der Waals surface area contributed by atoms with E-state index < -0.39 is 15.0 Å². The minimum atomic E-state index is -4.48. The number of phenolic OH excluding ortho intramolecular Hbond substituents is 1. The molecule has 0 saturated carbocycles. The molecule has 9 nitrogen and oxygen atoms in total. The minimum absolute atomic E-state index is 0.0242. The number of phenols is 1. The van der Waals surface area contributed by atoms with Crippen molar-refractivity contribution < 1.29 is 23.0 Å². The molecule has 0 amide bonds. The van der Waals surface area contributed by atoms with E-state index in [-0.39, 0.29) is 38.5 Å². The van der Waals surface area contributed by atoms with Gasteiger partial charge in [0, 0.05) is 16.8 Å². The number of azo groups is 1. The molecule has 0 aliphatic heterocycles. The van der Waals surface area contributed by atoms with Crippen LogP contribution >= 0.6 is 0 Å². The van der Waals surface area contributed by atoms with Gasteiger partial charge in [-0.15, -0.1) is 10.2 Å². The third-order valence-electron chi connectivity index (χ3n) is 3.98. The van der Waals surface area contributed by atoms with Crippen LogP contribution in [0.15, 0.2) is 63.7 Å². The van der Waals surface area contributed by atoms with E-state index in [0.717, 1.165) is 0 Å². The first-order chi connectivity index (χ1) is 12.7. The molecule has 0 aromatic heterocycles. The summed E-state index contributed by atoms with van der Waals surface area (Å²) in [6, 6.07) is 11.0. The Morgan fingerprint density at radius 2 is 1.70 bits per heavy atom. The third-order valence-corrected chi connectivity index (χ3v) is 4.89. The fraction of sp³-hybridized carbons (Fsp3) is 0.0588. The molecule has 0 aliphatic carbocycles. The van der Waals surface area contributed by atoms with Crippen molar-refractivity contribution in [1.82, 2.24) is 0 Å². The number of nitro groups is 1. The highest BCUT2D eigenvalue weighted by Gasteiger charge is 2.17. The first-order valence-corrected chi connectivity index (χ1v) is 9.02. The average molecular weight is 387 g/mol. The number of benzene rings is 3. The third kappa shape index (κ3) is 3.48. The summed E-state index contributed by atoms with van der Waals surface area (Å²) < 4.78 is 32.5. The van der Waals surface area contributed by atoms with Gasteiger partial charge in [0.2, 0.25) is 0 Å². The van der Waals surface area contributed by atoms with Crippen molar-refractivity contribution in [3.8, 4) is 5.75 Å². The molecule has 3 rings (SSSR count). The molecule has 10 heteroatoms. The van der Waals surface area contributed by atoms with Gasteiger partial charge < -0.3 is 5.11 Å². The normalized spacial score (nSPS) is 11.9. The van der Waals surface area contributed by atoms with Gasteiger partial charge in [-0.2, -0.15) is 8.42 Å². The zero-order valence-electron chi connectivity index (χ0n) is 13.9. The SMILES string of the molecule is Cc1c(N=Nc2c(O)ccc3c(S(=O)(=O)O)cccc23)cccc1[N+](=O)[O-]. The van der Waals surface area contributed by atoms with Crippen LogP contribution in [-0.2, 0) is 10.1 Å². The van der Waals surface area contributed by atoms with Crippen LogP contribution in [0.4, 0.5) is 17.1 Å². The van der Waals surface area contributed by atoms with E-state index in [4.69, 9.17) is 0 Å². The van der Waals surface area contributed by atoms with Gasteiger partial charge in [-0.1, -0.05) is 18.2 Å². The van der Waals surface area contributed by atoms with Gasteiger partial charge in [0.05, 0.1) is 16.2 Å². The van der Waals surface area contributed by atoms with E-state index in [9.17, 15) is 28.2 Å². The fourth-order valence-electron chi connectivity index (χ4n) is 2.65. The van der Waals surface area contributed by atoms with Crippen LogP contribution in [0.1, 0.15) is 5.56 Å². The second-order valence-corrected chi connectivity index (χ2v) is 7.03. The van der Waals surface area contributed by atoms with Gasteiger partial charge in [0.15, 0.2) is 0 Å². The molecule has 27 heavy (non-hydrogen) atoms. The minimum Gasteiger partial charge on any atom is -0.506 e. The number of rotatable bonds is 4. The number of aromatic hydroxyl groups is 1. The summed E-state index contributed by atoms with van der Waals surface area (Å²) in [5.74, 6) is -0.262. The molecular weight excluding hydrogens is 374 g/mol. The molecule has 3 aromatic carbocycles. The highest BCUT2D eigenvalue weighted by atomic mass is 32.2. The van der Waals surface area contributed by atoms with Crippen LogP contribution in [0.25, 0.3) is 10.8 Å². The Morgan fingerprint density at radius 3 is 2.37 bits per heavy atom. The lowest BCUT2D eigenvalue weighted by molar-refractivity contribution is -0.385. The molecule has 3 aromatic rings. The van der Waals surface area contributed by atoms with Gasteiger partial charge in [0.25, 0.3) is 15.8 Å². The lowest BCUT2D eigenvalue weighted by Crippen LogP contribution is -1.98. The number of nitro benzene ring substituents is 1. The smallest absolute Gasteiger partial charge is 0.295 e. The molecule has 0 heterocycles. The van der Waals surface area contributed by atoms with E-state index in [1.807, 2.05) is 0 Å². The van der Waals surface area contributed by atoms with Gasteiger partial charge in [-0.25, -0.2) is 0 Å². The lowest BCUT2D eigenvalue weighted by Gasteiger charge is -2.07. The molecule has 0 saturated heterocycles. The topological polar surface area (TPSA) is 142 Å². The Labute approximate surface area is 153 Å². The Kier molecular flexibility index (Phi) is 4.60. The molecule has 0 atom stereocenters. The summed E-state index contributed by atoms with van der Waals surface area (Å²) in [4.78, 5) is 10.2. The summed E-state index contributed by atoms with van der Waals surface area (Å²) in [5, 5.41) is 29.5. The second-order valence-electron chi connectivity index (χ2n) is 5.64. The van der Waals surface area contributed by atoms with E-state index in [2.05, 4.69) is 10.2 Å². The first-order valence-electron chi connectivity index (χ1n) is 7.58. The van der Waals surface area contributed by atoms with E-state index >= 15 is 0 Å². The van der Waals surface area contributed by atoms with Crippen molar-refractivity contribution in [2.24, 2.45) is 10.2 Å². The van der Waals surface area contributed by atoms with Gasteiger partial charge in [-0.05, 0) is 31.2 Å². The van der Waals surface area contributed by atoms with Crippen molar-refractivity contribution in [2.45, 2.75) is 11.8 Å². The van der Waals surface area contributed by atoms with Crippen molar-refractivity contribution >= 4 is 38.0 Å². The molecule has 0 radical (unpaired) electrons. The van der Waals surface area contributed by atoms with Crippen molar-refractivity contribution in [1.29, 1.82) is 0 Å². The zero-order chi connectivity index (χ0) is 19.8. The second kappa shape index (κ2) is 6.74. The zero-order valence-corrected chi connectivity index (χ0v) is 14.7. The molecule has 0 unspecified atom stereocenters. The van der Waals surface area contributed by atoms with Crippen LogP contribution in [-0.4, -0.2) is 23.0 Å². The number of hydrogen-bond donors (Lipinski definition) is 2. The molecule has 138 valence electrons. The van der Waals surface area contributed by atoms with Crippen molar-refractivity contribution in [3.05, 3.63) is 64.2 Å². The van der Waals surface area contributed by atoms with Crippen molar-refractivity contribution in [3.63, 3.8) is 0 Å². The summed E-state index contributed by atoms with van der Waals surface area (Å²) in [6.45, 7) is 1.52. The number of nitrogens with zero attached hydrogens (tertiary/aromatic N) is 3. The molecule has 0 bridgehead atoms. The van der Waals surface area contributed by atoms with Gasteiger partial charge >= 0.3 is 0 Å². The molecule has 0 spiro atoms. The lowest BCUT2D eigenvalue weighted by atomic mass is 10.1. The standard InChI is InChI=1S/C17H13N3O6S/c1-10-13(5-3-6-14(10)20(22)23)18-19-17-12-4-2-7-16(27(24,25)26)11(12)8-9-15(17)21/h2-9,21H,1H3,(H,24,25,26). The molecule has 0 fully saturated rings. The first kappa shape index (κ1) is 18.4. The van der Waals surface area contributed by atoms with Crippen LogP contribution in [0.3, 0.4) is 0 Å². The summed E-state index contributed by atoms with van der Waals surface area (Å²) in [7, 11) is -4.48. The van der Waals surface area contributed by atoms with Crippen LogP contribution in [0.2, 0.25) is 0 Å². The van der Waals surface area contributed by atoms with Gasteiger partial charge in [-0.3, -0.25) is 14.7 Å². The Morgan fingerprint density at radius 1 is 1.00 bits per heavy atom. The number of fused-ring (bicyclic) bond motifs is 1. The summed E-state index contributed by atoms with van der Waals surface area (Å²) >= 11 is 0. The number of hydrogen-bond acceptors (Lipinski definition) is 7. The van der Waals surface area contributed by atoms with Crippen molar-refractivity contribution in [2.75, 3.05) is 0 Å². The van der Waals surface area contributed by atoms with Crippen LogP contribution in [0, 0.1) is 17.0 Å². The summed E-state index contributed by atoms with van der Waals surface area (Å²) in [6.07, 6.45) is 0. The van der Waals surface area contributed by atoms with Crippen LogP contribution in [0.5, 0.6) is 5.75 Å². The van der Waals surface area contributed by atoms with E-state index in [1.54, 1.807) is 0 Å². The predicted octanol–water partition coefficient (Wildman–Crippen LogP) is 4.42. The van der Waals surface area contributed by atoms with Gasteiger partial charge in [0.1, 0.15) is 16.3 Å². The predicted molar refractivity (Wildman–Crippen MR) is 97.4 cm³/mol. The van der Waals surface area contributed by atoms with E-state index in [1.165, 1.54) is 55.5 Å². The quantitative estimate of drug-likeness (QED) is 0.293. The maximum Gasteiger partial charge on any atom is 0.295 e. The Balaban J connectivity index is 2.19. The maximum absolute atomic E-state index is 11.5. The maximum atomic E-state index is 11.5. The molecular formula is C17H13N3O6S. The molecule has 0 aliphatic rings.